The van der Waals surface area contributed by atoms with Gasteiger partial charge in [-0.2, -0.15) is 0 Å². The summed E-state index contributed by atoms with van der Waals surface area (Å²) in [4.78, 5) is 4.57. The van der Waals surface area contributed by atoms with E-state index >= 15 is 0 Å². The fourth-order valence-electron chi connectivity index (χ4n) is 2.22. The molecule has 3 rings (SSSR count). The number of fused-ring (bicyclic) bond motifs is 1. The third-order valence-corrected chi connectivity index (χ3v) is 4.30. The van der Waals surface area contributed by atoms with Gasteiger partial charge in [0.1, 0.15) is 5.82 Å². The van der Waals surface area contributed by atoms with Crippen LogP contribution in [0.25, 0.3) is 11.0 Å². The summed E-state index contributed by atoms with van der Waals surface area (Å²) in [7, 11) is 0. The Balaban J connectivity index is 2.14. The van der Waals surface area contributed by atoms with E-state index in [1.807, 2.05) is 36.4 Å². The Morgan fingerprint density at radius 2 is 1.95 bits per heavy atom. The largest absolute Gasteiger partial charge is 0.322 e. The highest BCUT2D eigenvalue weighted by molar-refractivity contribution is 9.10. The van der Waals surface area contributed by atoms with Gasteiger partial charge in [0.25, 0.3) is 0 Å². The van der Waals surface area contributed by atoms with Crippen molar-refractivity contribution < 1.29 is 0 Å². The zero-order chi connectivity index (χ0) is 14.1. The third-order valence-electron chi connectivity index (χ3n) is 3.20. The Morgan fingerprint density at radius 3 is 2.70 bits per heavy atom. The number of rotatable bonds is 3. The van der Waals surface area contributed by atoms with E-state index in [0.29, 0.717) is 12.4 Å². The molecular formula is C15H11BrCl2N2. The number of benzene rings is 2. The van der Waals surface area contributed by atoms with Crippen LogP contribution in [0.5, 0.6) is 0 Å². The maximum atomic E-state index is 6.24. The topological polar surface area (TPSA) is 17.8 Å². The lowest BCUT2D eigenvalue weighted by Crippen LogP contribution is -2.04. The first-order valence-electron chi connectivity index (χ1n) is 6.13. The van der Waals surface area contributed by atoms with Crippen molar-refractivity contribution in [2.45, 2.75) is 12.4 Å². The van der Waals surface area contributed by atoms with Crippen molar-refractivity contribution >= 4 is 50.2 Å². The van der Waals surface area contributed by atoms with Gasteiger partial charge >= 0.3 is 0 Å². The summed E-state index contributed by atoms with van der Waals surface area (Å²) < 4.78 is 3.13. The SMILES string of the molecule is ClCc1nc2ccc(Br)cc2n1Cc1ccccc1Cl. The molecule has 1 heterocycles. The summed E-state index contributed by atoms with van der Waals surface area (Å²) in [5, 5.41) is 0.755. The summed E-state index contributed by atoms with van der Waals surface area (Å²) in [6.07, 6.45) is 0. The zero-order valence-corrected chi connectivity index (χ0v) is 13.6. The number of hydrogen-bond donors (Lipinski definition) is 0. The zero-order valence-electron chi connectivity index (χ0n) is 10.5. The Hall–Kier alpha value is -1.03. The van der Waals surface area contributed by atoms with Crippen LogP contribution in [-0.4, -0.2) is 9.55 Å². The van der Waals surface area contributed by atoms with E-state index in [2.05, 4.69) is 31.5 Å². The van der Waals surface area contributed by atoms with Crippen molar-refractivity contribution in [3.8, 4) is 0 Å². The second-order valence-corrected chi connectivity index (χ2v) is 6.06. The molecule has 2 aromatic carbocycles. The van der Waals surface area contributed by atoms with Gasteiger partial charge in [-0.05, 0) is 29.8 Å². The summed E-state index contributed by atoms with van der Waals surface area (Å²) in [6, 6.07) is 13.8. The number of imidazole rings is 1. The molecule has 20 heavy (non-hydrogen) atoms. The molecule has 0 spiro atoms. The van der Waals surface area contributed by atoms with Crippen LogP contribution in [0.15, 0.2) is 46.9 Å². The predicted octanol–water partition coefficient (Wildman–Crippen LogP) is 5.24. The quantitative estimate of drug-likeness (QED) is 0.577. The molecule has 1 aromatic heterocycles. The first-order chi connectivity index (χ1) is 9.69. The monoisotopic (exact) mass is 368 g/mol. The molecule has 102 valence electrons. The lowest BCUT2D eigenvalue weighted by atomic mass is 10.2. The molecule has 0 bridgehead atoms. The van der Waals surface area contributed by atoms with Gasteiger partial charge < -0.3 is 4.57 Å². The third kappa shape index (κ3) is 2.58. The normalized spacial score (nSPS) is 11.2. The van der Waals surface area contributed by atoms with Gasteiger partial charge in [-0.25, -0.2) is 4.98 Å². The maximum Gasteiger partial charge on any atom is 0.125 e. The Bertz CT molecular complexity index is 768. The molecule has 0 atom stereocenters. The Kier molecular flexibility index (Phi) is 4.01. The molecule has 0 aliphatic carbocycles. The molecule has 0 radical (unpaired) electrons. The van der Waals surface area contributed by atoms with Crippen molar-refractivity contribution in [2.24, 2.45) is 0 Å². The van der Waals surface area contributed by atoms with Gasteiger partial charge in [-0.15, -0.1) is 11.6 Å². The molecule has 3 aromatic rings. The van der Waals surface area contributed by atoms with Crippen LogP contribution in [0.4, 0.5) is 0 Å². The lowest BCUT2D eigenvalue weighted by Gasteiger charge is -2.09. The standard InChI is InChI=1S/C15H11BrCl2N2/c16-11-5-6-13-14(7-11)20(15(8-17)19-13)9-10-3-1-2-4-12(10)18/h1-7H,8-9H2. The van der Waals surface area contributed by atoms with Gasteiger partial charge in [0.05, 0.1) is 23.5 Å². The molecule has 0 aliphatic rings. The van der Waals surface area contributed by atoms with Crippen LogP contribution >= 0.6 is 39.1 Å². The molecule has 0 saturated carbocycles. The highest BCUT2D eigenvalue weighted by Gasteiger charge is 2.11. The predicted molar refractivity (Wildman–Crippen MR) is 87.5 cm³/mol. The van der Waals surface area contributed by atoms with Crippen molar-refractivity contribution in [1.82, 2.24) is 9.55 Å². The second-order valence-electron chi connectivity index (χ2n) is 4.47. The smallest absolute Gasteiger partial charge is 0.125 e. The summed E-state index contributed by atoms with van der Waals surface area (Å²) in [5.74, 6) is 1.22. The molecule has 5 heteroatoms. The number of hydrogen-bond acceptors (Lipinski definition) is 1. The van der Waals surface area contributed by atoms with Crippen molar-refractivity contribution in [2.75, 3.05) is 0 Å². The van der Waals surface area contributed by atoms with Crippen molar-refractivity contribution in [3.63, 3.8) is 0 Å². The van der Waals surface area contributed by atoms with Gasteiger partial charge in [0.15, 0.2) is 0 Å². The van der Waals surface area contributed by atoms with Gasteiger partial charge in [0, 0.05) is 9.50 Å². The van der Waals surface area contributed by atoms with E-state index in [-0.39, 0.29) is 0 Å². The average Bonchev–Trinajstić information content (AvgIpc) is 2.79. The molecule has 0 unspecified atom stereocenters. The first kappa shape index (κ1) is 13.9. The lowest BCUT2D eigenvalue weighted by molar-refractivity contribution is 0.779. The van der Waals surface area contributed by atoms with E-state index in [0.717, 1.165) is 31.9 Å². The molecule has 0 aliphatic heterocycles. The highest BCUT2D eigenvalue weighted by Crippen LogP contribution is 2.25. The fourth-order valence-corrected chi connectivity index (χ4v) is 2.97. The second kappa shape index (κ2) is 5.76. The van der Waals surface area contributed by atoms with Crippen LogP contribution in [-0.2, 0) is 12.4 Å². The fraction of sp³-hybridized carbons (Fsp3) is 0.133. The molecule has 0 saturated heterocycles. The minimum Gasteiger partial charge on any atom is -0.322 e. The minimum atomic E-state index is 0.372. The van der Waals surface area contributed by atoms with Crippen LogP contribution in [0, 0.1) is 0 Å². The van der Waals surface area contributed by atoms with Crippen LogP contribution in [0.3, 0.4) is 0 Å². The first-order valence-corrected chi connectivity index (χ1v) is 7.83. The van der Waals surface area contributed by atoms with Gasteiger partial charge in [-0.1, -0.05) is 45.7 Å². The van der Waals surface area contributed by atoms with Crippen LogP contribution in [0.1, 0.15) is 11.4 Å². The number of nitrogens with zero attached hydrogens (tertiary/aromatic N) is 2. The summed E-state index contributed by atoms with van der Waals surface area (Å²) in [5.41, 5.74) is 3.05. The minimum absolute atomic E-state index is 0.372. The van der Waals surface area contributed by atoms with E-state index in [9.17, 15) is 0 Å². The molecule has 0 N–H and O–H groups in total. The number of halogens is 3. The number of aromatic nitrogens is 2. The van der Waals surface area contributed by atoms with Crippen molar-refractivity contribution in [3.05, 3.63) is 63.3 Å². The molecular weight excluding hydrogens is 359 g/mol. The van der Waals surface area contributed by atoms with Crippen LogP contribution in [0.2, 0.25) is 5.02 Å². The molecule has 0 amide bonds. The molecule has 2 nitrogen and oxygen atoms in total. The van der Waals surface area contributed by atoms with E-state index in [4.69, 9.17) is 23.2 Å². The highest BCUT2D eigenvalue weighted by atomic mass is 79.9. The van der Waals surface area contributed by atoms with E-state index < -0.39 is 0 Å². The average molecular weight is 370 g/mol. The van der Waals surface area contributed by atoms with Crippen molar-refractivity contribution in [1.29, 1.82) is 0 Å². The van der Waals surface area contributed by atoms with Crippen LogP contribution < -0.4 is 0 Å². The maximum absolute atomic E-state index is 6.24. The Labute approximate surface area is 135 Å². The molecule has 0 fully saturated rings. The van der Waals surface area contributed by atoms with E-state index in [1.165, 1.54) is 0 Å². The van der Waals surface area contributed by atoms with Gasteiger partial charge in [-0.3, -0.25) is 0 Å². The Morgan fingerprint density at radius 1 is 1.15 bits per heavy atom. The van der Waals surface area contributed by atoms with E-state index in [1.54, 1.807) is 0 Å². The summed E-state index contributed by atoms with van der Waals surface area (Å²) >= 11 is 15.8. The number of alkyl halides is 1. The summed E-state index contributed by atoms with van der Waals surface area (Å²) in [6.45, 7) is 0.661. The van der Waals surface area contributed by atoms with Gasteiger partial charge in [0.2, 0.25) is 0 Å².